The minimum Gasteiger partial charge on any atom is -0.461 e. The summed E-state index contributed by atoms with van der Waals surface area (Å²) >= 11 is 0. The lowest BCUT2D eigenvalue weighted by molar-refractivity contribution is -0.119. The fourth-order valence-electron chi connectivity index (χ4n) is 2.67. The fourth-order valence-corrected chi connectivity index (χ4v) is 2.67. The maximum Gasteiger partial charge on any atom is 0.355 e. The van der Waals surface area contributed by atoms with Gasteiger partial charge in [-0.25, -0.2) is 14.3 Å². The molecule has 2 rings (SSSR count). The predicted octanol–water partition coefficient (Wildman–Crippen LogP) is 2.38. The summed E-state index contributed by atoms with van der Waals surface area (Å²) in [6.07, 6.45) is 1.57. The van der Waals surface area contributed by atoms with Gasteiger partial charge in [0.15, 0.2) is 6.61 Å². The van der Waals surface area contributed by atoms with E-state index in [9.17, 15) is 14.4 Å². The summed E-state index contributed by atoms with van der Waals surface area (Å²) in [4.78, 5) is 39.2. The van der Waals surface area contributed by atoms with Gasteiger partial charge >= 0.3 is 11.9 Å². The highest BCUT2D eigenvalue weighted by Crippen LogP contribution is 2.20. The largest absolute Gasteiger partial charge is 0.461 e. The zero-order valence-electron chi connectivity index (χ0n) is 16.1. The number of aromatic amines is 1. The van der Waals surface area contributed by atoms with Crippen LogP contribution in [0.4, 0.5) is 5.82 Å². The van der Waals surface area contributed by atoms with Crippen molar-refractivity contribution in [2.75, 3.05) is 18.5 Å². The number of carbonyl (C=O) groups is 3. The van der Waals surface area contributed by atoms with Gasteiger partial charge < -0.3 is 19.8 Å². The van der Waals surface area contributed by atoms with E-state index in [1.54, 1.807) is 37.7 Å². The number of ether oxygens (including phenoxy) is 2. The normalized spacial score (nSPS) is 10.7. The van der Waals surface area contributed by atoms with Gasteiger partial charge in [-0.2, -0.15) is 5.10 Å². The van der Waals surface area contributed by atoms with Gasteiger partial charge in [-0.05, 0) is 40.2 Å². The second-order valence-corrected chi connectivity index (χ2v) is 6.22. The lowest BCUT2D eigenvalue weighted by Crippen LogP contribution is -2.23. The van der Waals surface area contributed by atoms with Crippen LogP contribution in [0.25, 0.3) is 0 Å². The number of esters is 2. The smallest absolute Gasteiger partial charge is 0.355 e. The summed E-state index contributed by atoms with van der Waals surface area (Å²) in [7, 11) is 0. The number of aromatic nitrogens is 3. The van der Waals surface area contributed by atoms with Gasteiger partial charge in [0.1, 0.15) is 11.5 Å². The van der Waals surface area contributed by atoms with Crippen LogP contribution in [-0.4, -0.2) is 45.8 Å². The Kier molecular flexibility index (Phi) is 6.38. The first-order valence-corrected chi connectivity index (χ1v) is 8.63. The molecule has 0 atom stereocenters. The van der Waals surface area contributed by atoms with E-state index in [0.717, 1.165) is 0 Å². The van der Waals surface area contributed by atoms with Crippen LogP contribution in [0.5, 0.6) is 0 Å². The predicted molar refractivity (Wildman–Crippen MR) is 97.7 cm³/mol. The van der Waals surface area contributed by atoms with Crippen LogP contribution in [0.15, 0.2) is 12.3 Å². The number of hydrogen-bond acceptors (Lipinski definition) is 6. The highest BCUT2D eigenvalue weighted by molar-refractivity contribution is 6.00. The first kappa shape index (κ1) is 20.2. The van der Waals surface area contributed by atoms with E-state index in [-0.39, 0.29) is 23.9 Å². The molecule has 0 fully saturated rings. The van der Waals surface area contributed by atoms with Gasteiger partial charge in [-0.15, -0.1) is 0 Å². The van der Waals surface area contributed by atoms with Crippen LogP contribution in [-0.2, 0) is 14.3 Å². The molecule has 0 aliphatic heterocycles. The number of rotatable bonds is 7. The Morgan fingerprint density at radius 1 is 1.22 bits per heavy atom. The molecule has 9 nitrogen and oxygen atoms in total. The molecule has 2 aromatic rings. The van der Waals surface area contributed by atoms with Gasteiger partial charge in [0, 0.05) is 17.8 Å². The van der Waals surface area contributed by atoms with Crippen molar-refractivity contribution in [2.45, 2.75) is 40.7 Å². The van der Waals surface area contributed by atoms with E-state index in [2.05, 4.69) is 15.4 Å². The van der Waals surface area contributed by atoms with Crippen molar-refractivity contribution in [1.29, 1.82) is 0 Å². The maximum atomic E-state index is 12.4. The third-order valence-electron chi connectivity index (χ3n) is 3.88. The third-order valence-corrected chi connectivity index (χ3v) is 3.88. The molecule has 1 amide bonds. The van der Waals surface area contributed by atoms with Crippen LogP contribution < -0.4 is 5.32 Å². The topological polar surface area (TPSA) is 115 Å². The van der Waals surface area contributed by atoms with Gasteiger partial charge in [-0.3, -0.25) is 4.79 Å². The molecule has 0 bridgehead atoms. The van der Waals surface area contributed by atoms with Crippen molar-refractivity contribution in [1.82, 2.24) is 14.8 Å². The van der Waals surface area contributed by atoms with Crippen molar-refractivity contribution < 1.29 is 23.9 Å². The van der Waals surface area contributed by atoms with Gasteiger partial charge in [0.2, 0.25) is 0 Å². The summed E-state index contributed by atoms with van der Waals surface area (Å²) in [6.45, 7) is 8.59. The molecular weight excluding hydrogens is 352 g/mol. The van der Waals surface area contributed by atoms with E-state index in [4.69, 9.17) is 9.47 Å². The molecule has 0 saturated heterocycles. The van der Waals surface area contributed by atoms with E-state index in [1.165, 1.54) is 0 Å². The number of anilines is 1. The fraction of sp³-hybridized carbons (Fsp3) is 0.444. The summed E-state index contributed by atoms with van der Waals surface area (Å²) in [6, 6.07) is 1.73. The number of hydrogen-bond donors (Lipinski definition) is 2. The van der Waals surface area contributed by atoms with Crippen molar-refractivity contribution in [3.05, 3.63) is 34.8 Å². The summed E-state index contributed by atoms with van der Waals surface area (Å²) in [5.74, 6) is -1.20. The average molecular weight is 376 g/mol. The second kappa shape index (κ2) is 8.52. The molecule has 0 unspecified atom stereocenters. The van der Waals surface area contributed by atoms with Crippen molar-refractivity contribution in [3.63, 3.8) is 0 Å². The minimum atomic E-state index is -0.690. The summed E-state index contributed by atoms with van der Waals surface area (Å²) < 4.78 is 11.7. The first-order valence-electron chi connectivity index (χ1n) is 8.63. The molecule has 27 heavy (non-hydrogen) atoms. The van der Waals surface area contributed by atoms with Crippen LogP contribution in [0.2, 0.25) is 0 Å². The Morgan fingerprint density at radius 3 is 2.56 bits per heavy atom. The molecule has 0 saturated carbocycles. The van der Waals surface area contributed by atoms with E-state index in [0.29, 0.717) is 17.1 Å². The average Bonchev–Trinajstić information content (AvgIpc) is 3.17. The van der Waals surface area contributed by atoms with Crippen LogP contribution >= 0.6 is 0 Å². The van der Waals surface area contributed by atoms with Gasteiger partial charge in [0.05, 0.1) is 18.4 Å². The molecule has 9 heteroatoms. The molecule has 2 N–H and O–H groups in total. The van der Waals surface area contributed by atoms with Crippen molar-refractivity contribution >= 4 is 23.7 Å². The number of aryl methyl sites for hydroxylation is 1. The third kappa shape index (κ3) is 4.55. The molecule has 0 aromatic carbocycles. The molecule has 0 aliphatic rings. The Bertz CT molecular complexity index is 850. The van der Waals surface area contributed by atoms with E-state index in [1.807, 2.05) is 13.8 Å². The Morgan fingerprint density at radius 2 is 1.93 bits per heavy atom. The lowest BCUT2D eigenvalue weighted by Gasteiger charge is -2.12. The van der Waals surface area contributed by atoms with E-state index >= 15 is 0 Å². The van der Waals surface area contributed by atoms with Crippen LogP contribution in [0.1, 0.15) is 58.9 Å². The quantitative estimate of drug-likeness (QED) is 0.717. The Hall–Kier alpha value is -3.10. The summed E-state index contributed by atoms with van der Waals surface area (Å²) in [5.41, 5.74) is 1.32. The SMILES string of the molecule is CCOC(=O)c1[nH]c(C)c(C(=O)OCC(=O)Nc2ccnn2C(C)C)c1C. The standard InChI is InChI=1S/C18H24N4O5/c1-6-26-18(25)16-11(4)15(12(5)20-16)17(24)27-9-14(23)21-13-7-8-19-22(13)10(2)3/h7-8,10,20H,6,9H2,1-5H3,(H,21,23). The van der Waals surface area contributed by atoms with Gasteiger partial charge in [-0.1, -0.05) is 0 Å². The Labute approximate surface area is 157 Å². The highest BCUT2D eigenvalue weighted by atomic mass is 16.5. The molecule has 2 heterocycles. The van der Waals surface area contributed by atoms with Crippen LogP contribution in [0.3, 0.4) is 0 Å². The zero-order chi connectivity index (χ0) is 20.1. The number of nitrogens with zero attached hydrogens (tertiary/aromatic N) is 2. The minimum absolute atomic E-state index is 0.0734. The van der Waals surface area contributed by atoms with Gasteiger partial charge in [0.25, 0.3) is 5.91 Å². The summed E-state index contributed by atoms with van der Waals surface area (Å²) in [5, 5.41) is 6.77. The lowest BCUT2D eigenvalue weighted by atomic mass is 10.1. The second-order valence-electron chi connectivity index (χ2n) is 6.22. The molecule has 2 aromatic heterocycles. The first-order chi connectivity index (χ1) is 12.8. The highest BCUT2D eigenvalue weighted by Gasteiger charge is 2.24. The Balaban J connectivity index is 2.02. The molecule has 0 aliphatic carbocycles. The number of carbonyl (C=O) groups excluding carboxylic acids is 3. The zero-order valence-corrected chi connectivity index (χ0v) is 16.1. The molecule has 0 radical (unpaired) electrons. The van der Waals surface area contributed by atoms with Crippen LogP contribution in [0, 0.1) is 13.8 Å². The monoisotopic (exact) mass is 376 g/mol. The molecule has 0 spiro atoms. The van der Waals surface area contributed by atoms with Crippen molar-refractivity contribution in [2.24, 2.45) is 0 Å². The van der Waals surface area contributed by atoms with Crippen molar-refractivity contribution in [3.8, 4) is 0 Å². The van der Waals surface area contributed by atoms with E-state index < -0.39 is 24.5 Å². The number of H-pyrrole nitrogens is 1. The molecular formula is C18H24N4O5. The molecule has 146 valence electrons. The number of nitrogens with one attached hydrogen (secondary N) is 2. The number of amides is 1. The maximum absolute atomic E-state index is 12.4.